The van der Waals surface area contributed by atoms with E-state index in [0.29, 0.717) is 23.6 Å². The lowest BCUT2D eigenvalue weighted by atomic mass is 10.1. The van der Waals surface area contributed by atoms with Gasteiger partial charge in [-0.1, -0.05) is 0 Å². The third-order valence-electron chi connectivity index (χ3n) is 3.57. The molecule has 1 saturated carbocycles. The predicted octanol–water partition coefficient (Wildman–Crippen LogP) is 1.85. The van der Waals surface area contributed by atoms with Crippen molar-refractivity contribution in [3.8, 4) is 0 Å². The van der Waals surface area contributed by atoms with Crippen LogP contribution in [0.4, 0.5) is 5.69 Å². The molecule has 0 heterocycles. The van der Waals surface area contributed by atoms with Crippen LogP contribution in [0.25, 0.3) is 0 Å². The number of ether oxygens (including phenoxy) is 1. The molecule has 0 spiro atoms. The number of hydrogen-bond acceptors (Lipinski definition) is 4. The average Bonchev–Trinajstić information content (AvgIpc) is 3.24. The van der Waals surface area contributed by atoms with Gasteiger partial charge in [-0.2, -0.15) is 0 Å². The lowest BCUT2D eigenvalue weighted by Gasteiger charge is -2.12. The molecule has 0 bridgehead atoms. The molecule has 1 amide bonds. The molecule has 1 aliphatic rings. The molecule has 1 aliphatic carbocycles. The average molecular weight is 276 g/mol. The van der Waals surface area contributed by atoms with Crippen molar-refractivity contribution in [1.82, 2.24) is 0 Å². The minimum atomic E-state index is -0.387. The Hall–Kier alpha value is -1.88. The van der Waals surface area contributed by atoms with Crippen LogP contribution in [0.2, 0.25) is 0 Å². The maximum absolute atomic E-state index is 11.9. The lowest BCUT2D eigenvalue weighted by molar-refractivity contribution is -0.116. The molecule has 0 aromatic heterocycles. The first-order valence-electron chi connectivity index (χ1n) is 6.75. The van der Waals surface area contributed by atoms with Gasteiger partial charge >= 0.3 is 5.97 Å². The minimum absolute atomic E-state index is 0.0513. The van der Waals surface area contributed by atoms with E-state index in [2.05, 4.69) is 10.1 Å². The molecular weight excluding hydrogens is 256 g/mol. The zero-order chi connectivity index (χ0) is 14.7. The molecule has 5 nitrogen and oxygen atoms in total. The monoisotopic (exact) mass is 276 g/mol. The summed E-state index contributed by atoms with van der Waals surface area (Å²) in [5, 5.41) is 2.84. The van der Waals surface area contributed by atoms with E-state index in [9.17, 15) is 9.59 Å². The molecule has 20 heavy (non-hydrogen) atoms. The fraction of sp³-hybridized carbons (Fsp3) is 0.467. The van der Waals surface area contributed by atoms with Crippen LogP contribution in [0.15, 0.2) is 18.2 Å². The summed E-state index contributed by atoms with van der Waals surface area (Å²) >= 11 is 0. The Bertz CT molecular complexity index is 524. The van der Waals surface area contributed by atoms with E-state index >= 15 is 0 Å². The van der Waals surface area contributed by atoms with Crippen LogP contribution in [0.1, 0.15) is 35.2 Å². The number of carbonyl (C=O) groups excluding carboxylic acids is 2. The van der Waals surface area contributed by atoms with E-state index in [1.54, 1.807) is 18.2 Å². The van der Waals surface area contributed by atoms with Gasteiger partial charge in [0.15, 0.2) is 0 Å². The first kappa shape index (κ1) is 14.5. The number of amides is 1. The van der Waals surface area contributed by atoms with Crippen molar-refractivity contribution < 1.29 is 14.3 Å². The molecule has 1 atom stereocenters. The number of esters is 1. The minimum Gasteiger partial charge on any atom is -0.465 e. The SMILES string of the molecule is COC(=O)c1ccc(NC(=O)CC(N)C2CC2)c(C)c1. The Morgan fingerprint density at radius 1 is 1.45 bits per heavy atom. The predicted molar refractivity (Wildman–Crippen MR) is 76.5 cm³/mol. The number of nitrogens with one attached hydrogen (secondary N) is 1. The number of rotatable bonds is 5. The van der Waals surface area contributed by atoms with E-state index in [1.165, 1.54) is 7.11 Å². The molecule has 1 aromatic carbocycles. The van der Waals surface area contributed by atoms with Crippen LogP contribution in [0.5, 0.6) is 0 Å². The normalized spacial score (nSPS) is 15.6. The van der Waals surface area contributed by atoms with Gasteiger partial charge < -0.3 is 15.8 Å². The lowest BCUT2D eigenvalue weighted by Crippen LogP contribution is -2.29. The Morgan fingerprint density at radius 2 is 2.15 bits per heavy atom. The summed E-state index contributed by atoms with van der Waals surface area (Å²) in [5.41, 5.74) is 7.92. The van der Waals surface area contributed by atoms with Gasteiger partial charge in [0.2, 0.25) is 5.91 Å². The second kappa shape index (κ2) is 6.05. The fourth-order valence-electron chi connectivity index (χ4n) is 2.16. The molecule has 5 heteroatoms. The maximum atomic E-state index is 11.9. The number of anilines is 1. The summed E-state index contributed by atoms with van der Waals surface area (Å²) < 4.78 is 4.66. The molecule has 0 saturated heterocycles. The van der Waals surface area contributed by atoms with Crippen LogP contribution in [-0.4, -0.2) is 25.0 Å². The molecule has 0 radical (unpaired) electrons. The second-order valence-electron chi connectivity index (χ2n) is 5.27. The molecule has 108 valence electrons. The maximum Gasteiger partial charge on any atom is 0.337 e. The van der Waals surface area contributed by atoms with Crippen LogP contribution in [0, 0.1) is 12.8 Å². The molecule has 1 unspecified atom stereocenters. The van der Waals surface area contributed by atoms with E-state index in [1.807, 2.05) is 6.92 Å². The first-order valence-corrected chi connectivity index (χ1v) is 6.75. The van der Waals surface area contributed by atoms with Crippen LogP contribution in [0.3, 0.4) is 0 Å². The zero-order valence-corrected chi connectivity index (χ0v) is 11.8. The number of hydrogen-bond donors (Lipinski definition) is 2. The highest BCUT2D eigenvalue weighted by Crippen LogP contribution is 2.32. The molecule has 2 rings (SSSR count). The van der Waals surface area contributed by atoms with E-state index < -0.39 is 0 Å². The van der Waals surface area contributed by atoms with Crippen molar-refractivity contribution in [3.63, 3.8) is 0 Å². The molecule has 3 N–H and O–H groups in total. The summed E-state index contributed by atoms with van der Waals surface area (Å²) in [4.78, 5) is 23.3. The summed E-state index contributed by atoms with van der Waals surface area (Å²) in [6, 6.07) is 4.99. The van der Waals surface area contributed by atoms with Gasteiger partial charge in [-0.05, 0) is 49.4 Å². The van der Waals surface area contributed by atoms with Crippen molar-refractivity contribution >= 4 is 17.6 Å². The van der Waals surface area contributed by atoms with Gasteiger partial charge in [-0.25, -0.2) is 4.79 Å². The summed E-state index contributed by atoms with van der Waals surface area (Å²) in [6.07, 6.45) is 2.59. The largest absolute Gasteiger partial charge is 0.465 e. The number of benzene rings is 1. The molecular formula is C15H20N2O3. The van der Waals surface area contributed by atoms with E-state index in [4.69, 9.17) is 5.73 Å². The van der Waals surface area contributed by atoms with Gasteiger partial charge in [-0.15, -0.1) is 0 Å². The Kier molecular flexibility index (Phi) is 4.39. The van der Waals surface area contributed by atoms with Crippen LogP contribution in [-0.2, 0) is 9.53 Å². The number of methoxy groups -OCH3 is 1. The highest BCUT2D eigenvalue weighted by Gasteiger charge is 2.29. The topological polar surface area (TPSA) is 81.4 Å². The van der Waals surface area contributed by atoms with Crippen molar-refractivity contribution in [1.29, 1.82) is 0 Å². The standard InChI is InChI=1S/C15H20N2O3/c1-9-7-11(15(19)20-2)5-6-13(9)17-14(18)8-12(16)10-3-4-10/h5-7,10,12H,3-4,8,16H2,1-2H3,(H,17,18). The van der Waals surface area contributed by atoms with Crippen molar-refractivity contribution in [2.24, 2.45) is 11.7 Å². The van der Waals surface area contributed by atoms with Gasteiger partial charge in [0, 0.05) is 18.2 Å². The van der Waals surface area contributed by atoms with Crippen molar-refractivity contribution in [2.75, 3.05) is 12.4 Å². The third kappa shape index (κ3) is 3.57. The highest BCUT2D eigenvalue weighted by atomic mass is 16.5. The highest BCUT2D eigenvalue weighted by molar-refractivity contribution is 5.94. The Morgan fingerprint density at radius 3 is 2.70 bits per heavy atom. The smallest absolute Gasteiger partial charge is 0.337 e. The summed E-state index contributed by atoms with van der Waals surface area (Å²) in [6.45, 7) is 1.84. The first-order chi connectivity index (χ1) is 9.51. The fourth-order valence-corrected chi connectivity index (χ4v) is 2.16. The molecule has 0 aliphatic heterocycles. The molecule has 1 fully saturated rings. The summed E-state index contributed by atoms with van der Waals surface area (Å²) in [5.74, 6) is 0.0311. The number of carbonyl (C=O) groups is 2. The Balaban J connectivity index is 1.98. The van der Waals surface area contributed by atoms with Crippen LogP contribution < -0.4 is 11.1 Å². The van der Waals surface area contributed by atoms with Crippen LogP contribution >= 0.6 is 0 Å². The zero-order valence-electron chi connectivity index (χ0n) is 11.8. The van der Waals surface area contributed by atoms with Crippen molar-refractivity contribution in [2.45, 2.75) is 32.2 Å². The number of nitrogens with two attached hydrogens (primary N) is 1. The van der Waals surface area contributed by atoms with Gasteiger partial charge in [-0.3, -0.25) is 4.79 Å². The van der Waals surface area contributed by atoms with Gasteiger partial charge in [0.25, 0.3) is 0 Å². The Labute approximate surface area is 118 Å². The second-order valence-corrected chi connectivity index (χ2v) is 5.27. The van der Waals surface area contributed by atoms with Crippen molar-refractivity contribution in [3.05, 3.63) is 29.3 Å². The van der Waals surface area contributed by atoms with Gasteiger partial charge in [0.1, 0.15) is 0 Å². The molecule has 1 aromatic rings. The van der Waals surface area contributed by atoms with Gasteiger partial charge in [0.05, 0.1) is 12.7 Å². The summed E-state index contributed by atoms with van der Waals surface area (Å²) in [7, 11) is 1.34. The van der Waals surface area contributed by atoms with E-state index in [-0.39, 0.29) is 17.9 Å². The number of aryl methyl sites for hydroxylation is 1. The van der Waals surface area contributed by atoms with E-state index in [0.717, 1.165) is 18.4 Å². The third-order valence-corrected chi connectivity index (χ3v) is 3.57. The quantitative estimate of drug-likeness (QED) is 0.804.